The molecule has 3 atom stereocenters. The third kappa shape index (κ3) is 7.99. The van der Waals surface area contributed by atoms with Crippen molar-refractivity contribution < 1.29 is 59.4 Å². The van der Waals surface area contributed by atoms with Gasteiger partial charge >= 0.3 is 24.5 Å². The Hall–Kier alpha value is -5.43. The molecular weight excluding hydrogens is 639 g/mol. The molecule has 246 valence electrons. The molecule has 0 fully saturated rings. The molecule has 2 unspecified atom stereocenters. The molecule has 4 rings (SSSR count). The van der Waals surface area contributed by atoms with E-state index >= 15 is 0 Å². The van der Waals surface area contributed by atoms with E-state index in [1.807, 2.05) is 0 Å². The summed E-state index contributed by atoms with van der Waals surface area (Å²) in [6.07, 6.45) is -12.1. The number of amides is 2. The third-order valence-electron chi connectivity index (χ3n) is 6.47. The first kappa shape index (κ1) is 33.5. The number of aromatic nitrogens is 2. The number of hydrogen-bond acceptors (Lipinski definition) is 10. The lowest BCUT2D eigenvalue weighted by atomic mass is 9.87. The van der Waals surface area contributed by atoms with Gasteiger partial charge in [0, 0.05) is 16.9 Å². The zero-order valence-corrected chi connectivity index (χ0v) is 23.0. The predicted octanol–water partition coefficient (Wildman–Crippen LogP) is 2.58. The van der Waals surface area contributed by atoms with Gasteiger partial charge < -0.3 is 31.6 Å². The highest BCUT2D eigenvalue weighted by Crippen LogP contribution is 2.38. The second-order valence-electron chi connectivity index (χ2n) is 9.74. The van der Waals surface area contributed by atoms with Crippen LogP contribution in [0.25, 0.3) is 10.9 Å². The van der Waals surface area contributed by atoms with Crippen molar-refractivity contribution in [1.82, 2.24) is 15.1 Å². The Morgan fingerprint density at radius 2 is 1.80 bits per heavy atom. The molecule has 0 saturated carbocycles. The Balaban J connectivity index is 1.85. The van der Waals surface area contributed by atoms with Gasteiger partial charge in [-0.3, -0.25) is 19.1 Å². The summed E-state index contributed by atoms with van der Waals surface area (Å²) in [7, 11) is 0. The lowest BCUT2D eigenvalue weighted by Gasteiger charge is -2.26. The number of esters is 2. The maximum atomic E-state index is 13.5. The van der Waals surface area contributed by atoms with Crippen molar-refractivity contribution in [3.05, 3.63) is 53.7 Å². The molecule has 0 saturated heterocycles. The molecule has 2 aromatic carbocycles. The van der Waals surface area contributed by atoms with E-state index in [9.17, 15) is 49.9 Å². The van der Waals surface area contributed by atoms with E-state index in [-0.39, 0.29) is 46.8 Å². The quantitative estimate of drug-likeness (QED) is 0.152. The van der Waals surface area contributed by atoms with Gasteiger partial charge in [0.1, 0.15) is 18.0 Å². The molecule has 1 aromatic heterocycles. The van der Waals surface area contributed by atoms with Crippen LogP contribution < -0.4 is 26.8 Å². The van der Waals surface area contributed by atoms with Crippen LogP contribution in [0.1, 0.15) is 34.3 Å². The topological polar surface area (TPSA) is 193 Å². The summed E-state index contributed by atoms with van der Waals surface area (Å²) in [6, 6.07) is 4.31. The number of carbonyl (C=O) groups is 4. The van der Waals surface area contributed by atoms with Crippen LogP contribution in [0.3, 0.4) is 0 Å². The van der Waals surface area contributed by atoms with Crippen molar-refractivity contribution in [2.45, 2.75) is 37.1 Å². The van der Waals surface area contributed by atoms with Crippen molar-refractivity contribution in [2.75, 3.05) is 18.4 Å². The SMILES string of the molecule is NC(=O)c1cc(NC2=NCC(F)CN2)c2cnn(C(C(N)=O)[C@@H](CC(=O)OC(=O)C(F)(F)F)c3cccc(OC(F)(F)F)c3)c2c1. The molecule has 1 aliphatic rings. The monoisotopic (exact) mass is 661 g/mol. The number of ether oxygens (including phenoxy) is 2. The van der Waals surface area contributed by atoms with E-state index in [1.54, 1.807) is 0 Å². The number of alkyl halides is 7. The Kier molecular flexibility index (Phi) is 9.38. The third-order valence-corrected chi connectivity index (χ3v) is 6.47. The number of nitrogens with one attached hydrogen (secondary N) is 2. The molecular formula is C26H22F7N7O6. The molecule has 20 heteroatoms. The number of aliphatic imine (C=N–C) groups is 1. The fourth-order valence-corrected chi connectivity index (χ4v) is 4.57. The summed E-state index contributed by atoms with van der Waals surface area (Å²) < 4.78 is 99.3. The van der Waals surface area contributed by atoms with Crippen molar-refractivity contribution in [2.24, 2.45) is 16.5 Å². The summed E-state index contributed by atoms with van der Waals surface area (Å²) >= 11 is 0. The number of carbonyl (C=O) groups excluding carboxylic acids is 4. The van der Waals surface area contributed by atoms with Gasteiger partial charge in [0.2, 0.25) is 11.8 Å². The van der Waals surface area contributed by atoms with E-state index in [0.29, 0.717) is 0 Å². The van der Waals surface area contributed by atoms with Gasteiger partial charge in [-0.1, -0.05) is 12.1 Å². The Morgan fingerprint density at radius 1 is 1.09 bits per heavy atom. The number of primary amides is 2. The van der Waals surface area contributed by atoms with Crippen molar-refractivity contribution in [3.8, 4) is 5.75 Å². The zero-order chi connectivity index (χ0) is 34.0. The Labute approximate surface area is 252 Å². The first-order valence-corrected chi connectivity index (χ1v) is 12.9. The smallest absolute Gasteiger partial charge is 0.406 e. The number of hydrogen-bond donors (Lipinski definition) is 4. The Bertz CT molecular complexity index is 1710. The predicted molar refractivity (Wildman–Crippen MR) is 143 cm³/mol. The first-order valence-electron chi connectivity index (χ1n) is 12.9. The molecule has 0 aliphatic carbocycles. The molecule has 46 heavy (non-hydrogen) atoms. The van der Waals surface area contributed by atoms with Crippen molar-refractivity contribution in [3.63, 3.8) is 0 Å². The summed E-state index contributed by atoms with van der Waals surface area (Å²) in [4.78, 5) is 53.0. The summed E-state index contributed by atoms with van der Waals surface area (Å²) in [5.74, 6) is -9.44. The average molecular weight is 661 g/mol. The second-order valence-corrected chi connectivity index (χ2v) is 9.74. The van der Waals surface area contributed by atoms with Crippen molar-refractivity contribution >= 4 is 46.3 Å². The minimum atomic E-state index is -5.58. The fourth-order valence-electron chi connectivity index (χ4n) is 4.57. The second kappa shape index (κ2) is 12.9. The van der Waals surface area contributed by atoms with Gasteiger partial charge in [0.15, 0.2) is 5.96 Å². The number of anilines is 1. The van der Waals surface area contributed by atoms with E-state index < -0.39 is 66.6 Å². The number of fused-ring (bicyclic) bond motifs is 1. The highest BCUT2D eigenvalue weighted by Gasteiger charge is 2.43. The van der Waals surface area contributed by atoms with Crippen LogP contribution in [0, 0.1) is 0 Å². The van der Waals surface area contributed by atoms with Gasteiger partial charge in [0.25, 0.3) is 0 Å². The summed E-state index contributed by atoms with van der Waals surface area (Å²) in [6.45, 7) is -0.290. The van der Waals surface area contributed by atoms with Gasteiger partial charge in [-0.05, 0) is 29.8 Å². The number of rotatable bonds is 9. The van der Waals surface area contributed by atoms with Gasteiger partial charge in [-0.15, -0.1) is 13.2 Å². The highest BCUT2D eigenvalue weighted by atomic mass is 19.4. The van der Waals surface area contributed by atoms with E-state index in [4.69, 9.17) is 11.5 Å². The standard InChI is InChI=1S/C26H22F7N7O6/c27-13-8-36-24(37-9-13)39-17-5-12(21(34)42)6-18-16(17)10-38-40(18)20(22(35)43)15(7-19(41)45-23(44)25(28,29)30)11-2-1-3-14(4-11)46-26(31,32)33/h1-6,10,13,15,20H,7-9H2,(H2,34,42)(H2,35,43)(H2,36,37,39)/t15-,20?/m0/s1. The van der Waals surface area contributed by atoms with E-state index in [1.165, 1.54) is 6.07 Å². The minimum Gasteiger partial charge on any atom is -0.406 e. The largest absolute Gasteiger partial charge is 0.573 e. The average Bonchev–Trinajstić information content (AvgIpc) is 3.36. The zero-order valence-electron chi connectivity index (χ0n) is 23.0. The maximum Gasteiger partial charge on any atom is 0.573 e. The molecule has 6 N–H and O–H groups in total. The molecule has 0 bridgehead atoms. The van der Waals surface area contributed by atoms with Gasteiger partial charge in [0.05, 0.1) is 36.9 Å². The molecule has 3 aromatic rings. The van der Waals surface area contributed by atoms with Crippen LogP contribution in [-0.4, -0.2) is 71.3 Å². The number of guanidine groups is 1. The molecule has 2 amide bonds. The number of nitrogens with zero attached hydrogens (tertiary/aromatic N) is 3. The maximum absolute atomic E-state index is 13.5. The molecule has 0 radical (unpaired) electrons. The number of halogens is 7. The molecule has 0 spiro atoms. The first-order chi connectivity index (χ1) is 21.4. The number of nitrogens with two attached hydrogens (primary N) is 2. The van der Waals surface area contributed by atoms with E-state index in [0.717, 1.165) is 41.2 Å². The fraction of sp³-hybridized carbons (Fsp3) is 0.308. The molecule has 2 heterocycles. The highest BCUT2D eigenvalue weighted by molar-refractivity contribution is 6.07. The van der Waals surface area contributed by atoms with Crippen LogP contribution in [0.4, 0.5) is 36.4 Å². The Morgan fingerprint density at radius 3 is 2.39 bits per heavy atom. The molecule has 1 aliphatic heterocycles. The minimum absolute atomic E-state index is 0.0743. The van der Waals surface area contributed by atoms with Crippen LogP contribution in [0.2, 0.25) is 0 Å². The molecule has 13 nitrogen and oxygen atoms in total. The summed E-state index contributed by atoms with van der Waals surface area (Å²) in [5.41, 5.74) is 10.7. The van der Waals surface area contributed by atoms with Crippen LogP contribution in [0.5, 0.6) is 5.75 Å². The number of benzene rings is 2. The van der Waals surface area contributed by atoms with Crippen LogP contribution >= 0.6 is 0 Å². The lowest BCUT2D eigenvalue weighted by Crippen LogP contribution is -2.41. The normalized spacial score (nSPS) is 16.5. The van der Waals surface area contributed by atoms with E-state index in [2.05, 4.69) is 30.2 Å². The van der Waals surface area contributed by atoms with Crippen LogP contribution in [-0.2, 0) is 19.1 Å². The van der Waals surface area contributed by atoms with Gasteiger partial charge in [-0.25, -0.2) is 14.2 Å². The van der Waals surface area contributed by atoms with Gasteiger partial charge in [-0.2, -0.15) is 18.3 Å². The lowest BCUT2D eigenvalue weighted by molar-refractivity contribution is -0.274. The van der Waals surface area contributed by atoms with Crippen molar-refractivity contribution in [1.29, 1.82) is 0 Å². The van der Waals surface area contributed by atoms with Crippen LogP contribution in [0.15, 0.2) is 47.6 Å². The summed E-state index contributed by atoms with van der Waals surface area (Å²) in [5, 5.41) is 9.79.